The standard InChI is InChI=1S/C12H14N2O3S2/c15-11(14-6-9-7-18-3-4-19-9)8-1-2-10(12(16)17)13-5-8/h1-2,5,9H,3-4,6-7H2,(H,14,15)(H,16,17). The molecule has 2 N–H and O–H groups in total. The summed E-state index contributed by atoms with van der Waals surface area (Å²) < 4.78 is 0. The summed E-state index contributed by atoms with van der Waals surface area (Å²) in [6, 6.07) is 2.82. The number of aromatic carboxylic acids is 1. The van der Waals surface area contributed by atoms with Crippen molar-refractivity contribution in [3.8, 4) is 0 Å². The van der Waals surface area contributed by atoms with E-state index < -0.39 is 5.97 Å². The Morgan fingerprint density at radius 2 is 2.26 bits per heavy atom. The predicted octanol–water partition coefficient (Wildman–Crippen LogP) is 1.36. The zero-order valence-electron chi connectivity index (χ0n) is 10.2. The molecular formula is C12H14N2O3S2. The van der Waals surface area contributed by atoms with Gasteiger partial charge in [-0.3, -0.25) is 4.79 Å². The third kappa shape index (κ3) is 4.14. The van der Waals surface area contributed by atoms with Crippen LogP contribution in [0, 0.1) is 0 Å². The lowest BCUT2D eigenvalue weighted by molar-refractivity contribution is 0.0689. The molecule has 1 atom stereocenters. The third-order valence-electron chi connectivity index (χ3n) is 2.62. The molecule has 1 aromatic rings. The first-order chi connectivity index (χ1) is 9.16. The molecule has 1 aromatic heterocycles. The van der Waals surface area contributed by atoms with Gasteiger partial charge in [0.2, 0.25) is 0 Å². The van der Waals surface area contributed by atoms with Crippen LogP contribution in [0.25, 0.3) is 0 Å². The second-order valence-electron chi connectivity index (χ2n) is 4.02. The molecule has 19 heavy (non-hydrogen) atoms. The lowest BCUT2D eigenvalue weighted by Crippen LogP contribution is -2.33. The number of pyridine rings is 1. The summed E-state index contributed by atoms with van der Waals surface area (Å²) in [4.78, 5) is 26.2. The Morgan fingerprint density at radius 1 is 1.42 bits per heavy atom. The van der Waals surface area contributed by atoms with Crippen LogP contribution in [-0.2, 0) is 0 Å². The summed E-state index contributed by atoms with van der Waals surface area (Å²) >= 11 is 3.78. The molecule has 5 nitrogen and oxygen atoms in total. The highest BCUT2D eigenvalue weighted by Gasteiger charge is 2.16. The summed E-state index contributed by atoms with van der Waals surface area (Å²) in [5.74, 6) is 2.06. The third-order valence-corrected chi connectivity index (χ3v) is 5.46. The number of nitrogens with zero attached hydrogens (tertiary/aromatic N) is 1. The Kier molecular flexibility index (Phi) is 5.09. The van der Waals surface area contributed by atoms with Crippen molar-refractivity contribution in [2.24, 2.45) is 0 Å². The fourth-order valence-electron chi connectivity index (χ4n) is 1.62. The fraction of sp³-hybridized carbons (Fsp3) is 0.417. The quantitative estimate of drug-likeness (QED) is 0.874. The van der Waals surface area contributed by atoms with Gasteiger partial charge in [-0.25, -0.2) is 9.78 Å². The first-order valence-electron chi connectivity index (χ1n) is 5.83. The molecule has 0 aromatic carbocycles. The minimum absolute atomic E-state index is 0.0595. The van der Waals surface area contributed by atoms with Crippen molar-refractivity contribution >= 4 is 35.4 Å². The summed E-state index contributed by atoms with van der Waals surface area (Å²) in [5, 5.41) is 12.0. The predicted molar refractivity (Wildman–Crippen MR) is 77.1 cm³/mol. The molecule has 1 unspecified atom stereocenters. The first kappa shape index (κ1) is 14.2. The number of amides is 1. The zero-order chi connectivity index (χ0) is 13.7. The molecule has 0 bridgehead atoms. The van der Waals surface area contributed by atoms with Gasteiger partial charge in [0.1, 0.15) is 5.69 Å². The van der Waals surface area contributed by atoms with Crippen molar-refractivity contribution in [3.05, 3.63) is 29.6 Å². The number of carbonyl (C=O) groups is 2. The average molecular weight is 298 g/mol. The van der Waals surface area contributed by atoms with Crippen LogP contribution in [0.15, 0.2) is 18.3 Å². The van der Waals surface area contributed by atoms with E-state index in [1.54, 1.807) is 0 Å². The molecule has 0 spiro atoms. The normalized spacial score (nSPS) is 18.8. The number of carbonyl (C=O) groups excluding carboxylic acids is 1. The van der Waals surface area contributed by atoms with Crippen molar-refractivity contribution in [2.75, 3.05) is 23.8 Å². The van der Waals surface area contributed by atoms with E-state index in [0.717, 1.165) is 11.5 Å². The number of thioether (sulfide) groups is 2. The van der Waals surface area contributed by atoms with E-state index >= 15 is 0 Å². The van der Waals surface area contributed by atoms with Crippen LogP contribution in [0.1, 0.15) is 20.8 Å². The second-order valence-corrected chi connectivity index (χ2v) is 6.57. The lowest BCUT2D eigenvalue weighted by atomic mass is 10.2. The van der Waals surface area contributed by atoms with Gasteiger partial charge in [-0.2, -0.15) is 23.5 Å². The molecule has 0 saturated carbocycles. The van der Waals surface area contributed by atoms with Gasteiger partial charge in [0.25, 0.3) is 5.91 Å². The monoisotopic (exact) mass is 298 g/mol. The summed E-state index contributed by atoms with van der Waals surface area (Å²) in [7, 11) is 0. The van der Waals surface area contributed by atoms with E-state index in [2.05, 4.69) is 10.3 Å². The van der Waals surface area contributed by atoms with Crippen LogP contribution in [0.4, 0.5) is 0 Å². The topological polar surface area (TPSA) is 79.3 Å². The highest BCUT2D eigenvalue weighted by Crippen LogP contribution is 2.23. The van der Waals surface area contributed by atoms with Crippen molar-refractivity contribution in [1.29, 1.82) is 0 Å². The van der Waals surface area contributed by atoms with E-state index in [9.17, 15) is 9.59 Å². The van der Waals surface area contributed by atoms with E-state index in [0.29, 0.717) is 17.4 Å². The maximum absolute atomic E-state index is 11.9. The van der Waals surface area contributed by atoms with Gasteiger partial charge in [0, 0.05) is 35.3 Å². The molecule has 2 rings (SSSR count). The van der Waals surface area contributed by atoms with Crippen LogP contribution >= 0.6 is 23.5 Å². The van der Waals surface area contributed by atoms with E-state index in [4.69, 9.17) is 5.11 Å². The van der Waals surface area contributed by atoms with Crippen LogP contribution in [-0.4, -0.2) is 51.0 Å². The summed E-state index contributed by atoms with van der Waals surface area (Å²) in [5.41, 5.74) is 0.328. The molecule has 0 radical (unpaired) electrons. The van der Waals surface area contributed by atoms with Crippen LogP contribution in [0.2, 0.25) is 0 Å². The summed E-state index contributed by atoms with van der Waals surface area (Å²) in [6.07, 6.45) is 1.29. The second kappa shape index (κ2) is 6.81. The SMILES string of the molecule is O=C(NCC1CSCCS1)c1ccc(C(=O)O)nc1. The minimum atomic E-state index is -1.09. The van der Waals surface area contributed by atoms with E-state index in [1.807, 2.05) is 23.5 Å². The van der Waals surface area contributed by atoms with Crippen molar-refractivity contribution < 1.29 is 14.7 Å². The smallest absolute Gasteiger partial charge is 0.354 e. The zero-order valence-corrected chi connectivity index (χ0v) is 11.8. The summed E-state index contributed by atoms with van der Waals surface area (Å²) in [6.45, 7) is 0.636. The minimum Gasteiger partial charge on any atom is -0.477 e. The van der Waals surface area contributed by atoms with Crippen molar-refractivity contribution in [1.82, 2.24) is 10.3 Å². The number of carboxylic acid groups (broad SMARTS) is 1. The highest BCUT2D eigenvalue weighted by atomic mass is 32.2. The Balaban J connectivity index is 1.86. The molecule has 1 aliphatic heterocycles. The molecule has 2 heterocycles. The number of aromatic nitrogens is 1. The first-order valence-corrected chi connectivity index (χ1v) is 8.04. The molecule has 1 fully saturated rings. The largest absolute Gasteiger partial charge is 0.477 e. The van der Waals surface area contributed by atoms with Gasteiger partial charge in [-0.15, -0.1) is 0 Å². The number of hydrogen-bond acceptors (Lipinski definition) is 5. The maximum Gasteiger partial charge on any atom is 0.354 e. The van der Waals surface area contributed by atoms with Gasteiger partial charge in [-0.05, 0) is 12.1 Å². The lowest BCUT2D eigenvalue weighted by Gasteiger charge is -2.21. The van der Waals surface area contributed by atoms with Gasteiger partial charge in [0.05, 0.1) is 5.56 Å². The van der Waals surface area contributed by atoms with Gasteiger partial charge in [-0.1, -0.05) is 0 Å². The average Bonchev–Trinajstić information content (AvgIpc) is 2.46. The molecule has 1 amide bonds. The van der Waals surface area contributed by atoms with Crippen LogP contribution in [0.3, 0.4) is 0 Å². The number of hydrogen-bond donors (Lipinski definition) is 2. The van der Waals surface area contributed by atoms with Crippen LogP contribution < -0.4 is 5.32 Å². The molecule has 1 saturated heterocycles. The Morgan fingerprint density at radius 3 is 2.84 bits per heavy atom. The maximum atomic E-state index is 11.9. The van der Waals surface area contributed by atoms with Gasteiger partial charge in [0.15, 0.2) is 0 Å². The Labute approximate surface area is 119 Å². The highest BCUT2D eigenvalue weighted by molar-refractivity contribution is 8.06. The van der Waals surface area contributed by atoms with Gasteiger partial charge < -0.3 is 10.4 Å². The molecule has 102 valence electrons. The van der Waals surface area contributed by atoms with Crippen LogP contribution in [0.5, 0.6) is 0 Å². The van der Waals surface area contributed by atoms with E-state index in [-0.39, 0.29) is 11.6 Å². The molecule has 7 heteroatoms. The Hall–Kier alpha value is -1.21. The van der Waals surface area contributed by atoms with Gasteiger partial charge >= 0.3 is 5.97 Å². The molecule has 0 aliphatic carbocycles. The number of nitrogens with one attached hydrogen (secondary N) is 1. The van der Waals surface area contributed by atoms with E-state index in [1.165, 1.54) is 24.1 Å². The Bertz CT molecular complexity index is 459. The molecule has 1 aliphatic rings. The fourth-order valence-corrected chi connectivity index (χ4v) is 4.23. The van der Waals surface area contributed by atoms with Crippen molar-refractivity contribution in [3.63, 3.8) is 0 Å². The molecular weight excluding hydrogens is 284 g/mol. The number of carboxylic acids is 1. The number of rotatable bonds is 4. The van der Waals surface area contributed by atoms with Crippen molar-refractivity contribution in [2.45, 2.75) is 5.25 Å².